The Morgan fingerprint density at radius 3 is 2.78 bits per heavy atom. The highest BCUT2D eigenvalue weighted by atomic mass is 16.5. The standard InChI is InChI=1S/C19H25N3O/c20-19-17-6-3-5-15(17)16-8-7-14(13-18(16)21-19)23-12-4-11-22-9-1-2-10-22/h7-8,13H,1-6,9-12H2,(H2,20,21). The fraction of sp³-hybridized carbons (Fsp3) is 0.526. The molecule has 2 N–H and O–H groups in total. The van der Waals surface area contributed by atoms with Crippen LogP contribution in [-0.2, 0) is 12.8 Å². The Labute approximate surface area is 137 Å². The summed E-state index contributed by atoms with van der Waals surface area (Å²) in [4.78, 5) is 7.11. The van der Waals surface area contributed by atoms with Crippen molar-refractivity contribution in [2.24, 2.45) is 0 Å². The minimum absolute atomic E-state index is 0.705. The highest BCUT2D eigenvalue weighted by Gasteiger charge is 2.18. The molecular weight excluding hydrogens is 286 g/mol. The van der Waals surface area contributed by atoms with E-state index >= 15 is 0 Å². The van der Waals surface area contributed by atoms with Crippen molar-refractivity contribution in [2.75, 3.05) is 32.0 Å². The lowest BCUT2D eigenvalue weighted by Gasteiger charge is -2.15. The fourth-order valence-electron chi connectivity index (χ4n) is 3.95. The van der Waals surface area contributed by atoms with Crippen molar-refractivity contribution in [3.05, 3.63) is 29.3 Å². The largest absolute Gasteiger partial charge is 0.493 e. The van der Waals surface area contributed by atoms with Crippen LogP contribution in [0.2, 0.25) is 0 Å². The van der Waals surface area contributed by atoms with E-state index in [4.69, 9.17) is 10.5 Å². The topological polar surface area (TPSA) is 51.4 Å². The second-order valence-electron chi connectivity index (χ2n) is 6.74. The van der Waals surface area contributed by atoms with E-state index in [-0.39, 0.29) is 0 Å². The Hall–Kier alpha value is -1.81. The predicted molar refractivity (Wildman–Crippen MR) is 94.0 cm³/mol. The smallest absolute Gasteiger partial charge is 0.127 e. The molecule has 1 aliphatic carbocycles. The average molecular weight is 311 g/mol. The maximum atomic E-state index is 6.12. The number of rotatable bonds is 5. The highest BCUT2D eigenvalue weighted by Crippen LogP contribution is 2.33. The van der Waals surface area contributed by atoms with Crippen LogP contribution in [0.15, 0.2) is 18.2 Å². The van der Waals surface area contributed by atoms with Gasteiger partial charge in [-0.05, 0) is 74.9 Å². The molecule has 0 saturated carbocycles. The van der Waals surface area contributed by atoms with Gasteiger partial charge >= 0.3 is 0 Å². The van der Waals surface area contributed by atoms with Crippen LogP contribution in [0.25, 0.3) is 10.9 Å². The highest BCUT2D eigenvalue weighted by molar-refractivity contribution is 5.87. The summed E-state index contributed by atoms with van der Waals surface area (Å²) in [6.45, 7) is 4.42. The third kappa shape index (κ3) is 3.00. The van der Waals surface area contributed by atoms with Crippen LogP contribution in [-0.4, -0.2) is 36.1 Å². The van der Waals surface area contributed by atoms with E-state index in [0.29, 0.717) is 5.82 Å². The molecule has 0 bridgehead atoms. The summed E-state index contributed by atoms with van der Waals surface area (Å²) in [6.07, 6.45) is 7.16. The number of nitrogens with zero attached hydrogens (tertiary/aromatic N) is 2. The first-order chi connectivity index (χ1) is 11.3. The third-order valence-electron chi connectivity index (χ3n) is 5.15. The van der Waals surface area contributed by atoms with Gasteiger partial charge in [-0.3, -0.25) is 0 Å². The first kappa shape index (κ1) is 14.8. The molecule has 0 unspecified atom stereocenters. The van der Waals surface area contributed by atoms with Crippen molar-refractivity contribution in [3.8, 4) is 5.75 Å². The summed E-state index contributed by atoms with van der Waals surface area (Å²) in [7, 11) is 0. The number of aryl methyl sites for hydroxylation is 1. The Morgan fingerprint density at radius 1 is 1.09 bits per heavy atom. The number of anilines is 1. The van der Waals surface area contributed by atoms with Gasteiger partial charge in [0, 0.05) is 18.0 Å². The van der Waals surface area contributed by atoms with Crippen LogP contribution in [0.3, 0.4) is 0 Å². The van der Waals surface area contributed by atoms with E-state index in [1.807, 2.05) is 6.07 Å². The van der Waals surface area contributed by atoms with Crippen molar-refractivity contribution in [1.82, 2.24) is 9.88 Å². The van der Waals surface area contributed by atoms with E-state index in [1.54, 1.807) is 0 Å². The van der Waals surface area contributed by atoms with E-state index < -0.39 is 0 Å². The number of hydrogen-bond acceptors (Lipinski definition) is 4. The van der Waals surface area contributed by atoms with Crippen LogP contribution in [0, 0.1) is 0 Å². The SMILES string of the molecule is Nc1nc2cc(OCCCN3CCCC3)ccc2c2c1CCC2. The average Bonchev–Trinajstić information content (AvgIpc) is 3.23. The number of benzene rings is 1. The summed E-state index contributed by atoms with van der Waals surface area (Å²) in [5, 5.41) is 1.25. The maximum absolute atomic E-state index is 6.12. The molecule has 4 rings (SSSR count). The van der Waals surface area contributed by atoms with Crippen LogP contribution in [0.5, 0.6) is 5.75 Å². The van der Waals surface area contributed by atoms with Crippen molar-refractivity contribution in [2.45, 2.75) is 38.5 Å². The zero-order chi connectivity index (χ0) is 15.6. The van der Waals surface area contributed by atoms with Gasteiger partial charge in [0.05, 0.1) is 12.1 Å². The summed E-state index contributed by atoms with van der Waals surface area (Å²) in [5.41, 5.74) is 9.75. The monoisotopic (exact) mass is 311 g/mol. The van der Waals surface area contributed by atoms with Crippen LogP contribution < -0.4 is 10.5 Å². The number of pyridine rings is 1. The molecule has 122 valence electrons. The molecule has 4 heteroatoms. The van der Waals surface area contributed by atoms with E-state index in [9.17, 15) is 0 Å². The summed E-state index contributed by atoms with van der Waals surface area (Å²) >= 11 is 0. The Balaban J connectivity index is 1.43. The van der Waals surface area contributed by atoms with E-state index in [2.05, 4.69) is 22.0 Å². The Morgan fingerprint density at radius 2 is 1.91 bits per heavy atom. The second-order valence-corrected chi connectivity index (χ2v) is 6.74. The van der Waals surface area contributed by atoms with Crippen LogP contribution in [0.4, 0.5) is 5.82 Å². The summed E-state index contributed by atoms with van der Waals surface area (Å²) < 4.78 is 5.93. The zero-order valence-electron chi connectivity index (χ0n) is 13.7. The minimum Gasteiger partial charge on any atom is -0.493 e. The quantitative estimate of drug-likeness (QED) is 0.862. The van der Waals surface area contributed by atoms with E-state index in [0.717, 1.165) is 43.7 Å². The van der Waals surface area contributed by atoms with Gasteiger partial charge in [-0.1, -0.05) is 0 Å². The van der Waals surface area contributed by atoms with Gasteiger partial charge in [-0.15, -0.1) is 0 Å². The molecule has 23 heavy (non-hydrogen) atoms. The molecule has 0 spiro atoms. The third-order valence-corrected chi connectivity index (χ3v) is 5.15. The molecule has 4 nitrogen and oxygen atoms in total. The molecule has 0 atom stereocenters. The van der Waals surface area contributed by atoms with Crippen molar-refractivity contribution in [3.63, 3.8) is 0 Å². The number of hydrogen-bond donors (Lipinski definition) is 1. The molecular formula is C19H25N3O. The van der Waals surface area contributed by atoms with Crippen molar-refractivity contribution >= 4 is 16.7 Å². The van der Waals surface area contributed by atoms with Crippen LogP contribution in [0.1, 0.15) is 36.8 Å². The summed E-state index contributed by atoms with van der Waals surface area (Å²) in [5.74, 6) is 1.61. The molecule has 0 amide bonds. The number of nitrogens with two attached hydrogens (primary N) is 1. The van der Waals surface area contributed by atoms with Crippen LogP contribution >= 0.6 is 0 Å². The van der Waals surface area contributed by atoms with Gasteiger partial charge in [-0.2, -0.15) is 0 Å². The molecule has 2 aromatic rings. The fourth-order valence-corrected chi connectivity index (χ4v) is 3.95. The van der Waals surface area contributed by atoms with Crippen molar-refractivity contribution < 1.29 is 4.74 Å². The number of ether oxygens (including phenoxy) is 1. The lowest BCUT2D eigenvalue weighted by atomic mass is 10.0. The maximum Gasteiger partial charge on any atom is 0.127 e. The normalized spacial score (nSPS) is 17.7. The molecule has 1 saturated heterocycles. The first-order valence-electron chi connectivity index (χ1n) is 8.87. The number of fused-ring (bicyclic) bond motifs is 3. The summed E-state index contributed by atoms with van der Waals surface area (Å²) in [6, 6.07) is 6.27. The Kier molecular flexibility index (Phi) is 4.08. The van der Waals surface area contributed by atoms with E-state index in [1.165, 1.54) is 48.9 Å². The number of nitrogen functional groups attached to an aromatic ring is 1. The molecule has 1 aliphatic heterocycles. The van der Waals surface area contributed by atoms with Crippen molar-refractivity contribution in [1.29, 1.82) is 0 Å². The molecule has 2 aliphatic rings. The van der Waals surface area contributed by atoms with Gasteiger partial charge < -0.3 is 15.4 Å². The van der Waals surface area contributed by atoms with Gasteiger partial charge in [0.1, 0.15) is 11.6 Å². The zero-order valence-corrected chi connectivity index (χ0v) is 13.7. The van der Waals surface area contributed by atoms with Gasteiger partial charge in [-0.25, -0.2) is 4.98 Å². The van der Waals surface area contributed by atoms with Gasteiger partial charge in [0.15, 0.2) is 0 Å². The number of aromatic nitrogens is 1. The second kappa shape index (κ2) is 6.36. The lowest BCUT2D eigenvalue weighted by molar-refractivity contribution is 0.263. The number of likely N-dealkylation sites (tertiary alicyclic amines) is 1. The Bertz CT molecular complexity index is 707. The van der Waals surface area contributed by atoms with Gasteiger partial charge in [0.2, 0.25) is 0 Å². The minimum atomic E-state index is 0.705. The molecule has 1 aromatic carbocycles. The molecule has 2 heterocycles. The molecule has 1 aromatic heterocycles. The predicted octanol–water partition coefficient (Wildman–Crippen LogP) is 3.17. The first-order valence-corrected chi connectivity index (χ1v) is 8.87. The van der Waals surface area contributed by atoms with Gasteiger partial charge in [0.25, 0.3) is 0 Å². The molecule has 1 fully saturated rings. The molecule has 0 radical (unpaired) electrons. The lowest BCUT2D eigenvalue weighted by Crippen LogP contribution is -2.21.